The van der Waals surface area contributed by atoms with Crippen LogP contribution >= 0.6 is 12.4 Å². The fourth-order valence-corrected chi connectivity index (χ4v) is 4.39. The molecule has 0 saturated carbocycles. The average molecular weight is 369 g/mol. The first-order valence-electron chi connectivity index (χ1n) is 9.56. The maximum absolute atomic E-state index is 13.4. The highest BCUT2D eigenvalue weighted by Crippen LogP contribution is 2.32. The SMILES string of the molecule is CC(C)CC1CCCCCN1C(=O)[C@H]1CNC[C@@H]1c1cnn(C)c1.Cl. The van der Waals surface area contributed by atoms with Crippen molar-refractivity contribution in [1.29, 1.82) is 0 Å². The Kier molecular flexibility index (Phi) is 7.32. The quantitative estimate of drug-likeness (QED) is 0.888. The first-order chi connectivity index (χ1) is 11.6. The van der Waals surface area contributed by atoms with Crippen molar-refractivity contribution in [2.24, 2.45) is 18.9 Å². The lowest BCUT2D eigenvalue weighted by atomic mass is 9.88. The van der Waals surface area contributed by atoms with E-state index < -0.39 is 0 Å². The van der Waals surface area contributed by atoms with Crippen LogP contribution in [-0.4, -0.2) is 46.3 Å². The molecule has 3 atom stereocenters. The number of halogens is 1. The fraction of sp³-hybridized carbons (Fsp3) is 0.789. The number of rotatable bonds is 4. The Balaban J connectivity index is 0.00000225. The predicted molar refractivity (Wildman–Crippen MR) is 103 cm³/mol. The van der Waals surface area contributed by atoms with Gasteiger partial charge in [0.25, 0.3) is 0 Å². The van der Waals surface area contributed by atoms with Gasteiger partial charge in [-0.05, 0) is 30.7 Å². The molecule has 2 aliphatic rings. The maximum atomic E-state index is 13.4. The fourth-order valence-electron chi connectivity index (χ4n) is 4.39. The Bertz CT molecular complexity index is 559. The summed E-state index contributed by atoms with van der Waals surface area (Å²) >= 11 is 0. The molecule has 2 saturated heterocycles. The summed E-state index contributed by atoms with van der Waals surface area (Å²) in [5.74, 6) is 1.32. The zero-order valence-corrected chi connectivity index (χ0v) is 16.6. The van der Waals surface area contributed by atoms with Crippen LogP contribution in [0.1, 0.15) is 57.4 Å². The summed E-state index contributed by atoms with van der Waals surface area (Å²) in [6.07, 6.45) is 9.95. The smallest absolute Gasteiger partial charge is 0.227 e. The van der Waals surface area contributed by atoms with E-state index in [0.717, 1.165) is 32.5 Å². The van der Waals surface area contributed by atoms with Crippen LogP contribution < -0.4 is 5.32 Å². The van der Waals surface area contributed by atoms with Crippen LogP contribution in [0.5, 0.6) is 0 Å². The second kappa shape index (κ2) is 9.04. The van der Waals surface area contributed by atoms with Gasteiger partial charge in [0.15, 0.2) is 0 Å². The molecule has 1 amide bonds. The van der Waals surface area contributed by atoms with Crippen LogP contribution in [0, 0.1) is 11.8 Å². The largest absolute Gasteiger partial charge is 0.339 e. The molecule has 1 aromatic heterocycles. The van der Waals surface area contributed by atoms with Crippen molar-refractivity contribution in [2.45, 2.75) is 57.9 Å². The number of nitrogens with zero attached hydrogens (tertiary/aromatic N) is 3. The van der Waals surface area contributed by atoms with Crippen LogP contribution in [0.4, 0.5) is 0 Å². The van der Waals surface area contributed by atoms with Crippen molar-refractivity contribution < 1.29 is 4.79 Å². The Labute approximate surface area is 157 Å². The van der Waals surface area contributed by atoms with Crippen LogP contribution in [0.15, 0.2) is 12.4 Å². The Morgan fingerprint density at radius 3 is 2.80 bits per heavy atom. The third-order valence-electron chi connectivity index (χ3n) is 5.59. The minimum atomic E-state index is 0. The molecule has 0 aliphatic carbocycles. The van der Waals surface area contributed by atoms with E-state index in [4.69, 9.17) is 0 Å². The minimum absolute atomic E-state index is 0. The van der Waals surface area contributed by atoms with Crippen LogP contribution in [-0.2, 0) is 11.8 Å². The molecule has 0 radical (unpaired) electrons. The maximum Gasteiger partial charge on any atom is 0.227 e. The van der Waals surface area contributed by atoms with Crippen LogP contribution in [0.25, 0.3) is 0 Å². The third kappa shape index (κ3) is 4.76. The highest BCUT2D eigenvalue weighted by Gasteiger charge is 2.39. The summed E-state index contributed by atoms with van der Waals surface area (Å²) in [5.41, 5.74) is 1.19. The molecular formula is C19H33ClN4O. The van der Waals surface area contributed by atoms with Crippen molar-refractivity contribution in [1.82, 2.24) is 20.0 Å². The summed E-state index contributed by atoms with van der Waals surface area (Å²) in [6.45, 7) is 7.15. The van der Waals surface area contributed by atoms with Gasteiger partial charge in [-0.1, -0.05) is 26.7 Å². The second-order valence-electron chi connectivity index (χ2n) is 7.98. The zero-order valence-electron chi connectivity index (χ0n) is 15.8. The van der Waals surface area contributed by atoms with E-state index in [9.17, 15) is 4.79 Å². The van der Waals surface area contributed by atoms with Gasteiger partial charge >= 0.3 is 0 Å². The van der Waals surface area contributed by atoms with Crippen molar-refractivity contribution in [3.8, 4) is 0 Å². The van der Waals surface area contributed by atoms with E-state index in [-0.39, 0.29) is 24.2 Å². The summed E-state index contributed by atoms with van der Waals surface area (Å²) < 4.78 is 1.84. The number of hydrogen-bond acceptors (Lipinski definition) is 3. The van der Waals surface area contributed by atoms with Crippen LogP contribution in [0.3, 0.4) is 0 Å². The van der Waals surface area contributed by atoms with E-state index >= 15 is 0 Å². The molecule has 0 bridgehead atoms. The van der Waals surface area contributed by atoms with Gasteiger partial charge in [0, 0.05) is 44.8 Å². The number of carbonyl (C=O) groups excluding carboxylic acids is 1. The molecule has 3 heterocycles. The summed E-state index contributed by atoms with van der Waals surface area (Å²) in [6, 6.07) is 0.426. The summed E-state index contributed by atoms with van der Waals surface area (Å²) in [4.78, 5) is 15.6. The Morgan fingerprint density at radius 1 is 1.32 bits per heavy atom. The summed E-state index contributed by atoms with van der Waals surface area (Å²) in [5, 5.41) is 7.74. The Morgan fingerprint density at radius 2 is 2.12 bits per heavy atom. The average Bonchev–Trinajstić information content (AvgIpc) is 3.11. The highest BCUT2D eigenvalue weighted by atomic mass is 35.5. The van der Waals surface area contributed by atoms with Gasteiger partial charge in [-0.15, -0.1) is 12.4 Å². The number of aryl methyl sites for hydroxylation is 1. The molecule has 1 N–H and O–H groups in total. The monoisotopic (exact) mass is 368 g/mol. The molecule has 0 spiro atoms. The number of hydrogen-bond donors (Lipinski definition) is 1. The second-order valence-corrected chi connectivity index (χ2v) is 7.98. The molecule has 2 aliphatic heterocycles. The summed E-state index contributed by atoms with van der Waals surface area (Å²) in [7, 11) is 1.94. The van der Waals surface area contributed by atoms with Gasteiger partial charge in [0.1, 0.15) is 0 Å². The topological polar surface area (TPSA) is 50.2 Å². The van der Waals surface area contributed by atoms with Crippen LogP contribution in [0.2, 0.25) is 0 Å². The van der Waals surface area contributed by atoms with E-state index in [1.54, 1.807) is 0 Å². The molecule has 142 valence electrons. The number of carbonyl (C=O) groups is 1. The molecule has 1 unspecified atom stereocenters. The Hall–Kier alpha value is -1.07. The van der Waals surface area contributed by atoms with E-state index in [0.29, 0.717) is 17.9 Å². The molecule has 1 aromatic rings. The van der Waals surface area contributed by atoms with Gasteiger partial charge in [-0.2, -0.15) is 5.10 Å². The van der Waals surface area contributed by atoms with E-state index in [1.807, 2.05) is 17.9 Å². The number of nitrogens with one attached hydrogen (secondary N) is 1. The molecule has 5 nitrogen and oxygen atoms in total. The number of amides is 1. The first kappa shape index (κ1) is 20.2. The molecular weight excluding hydrogens is 336 g/mol. The van der Waals surface area contributed by atoms with Gasteiger partial charge in [-0.25, -0.2) is 0 Å². The normalized spacial score (nSPS) is 27.2. The van der Waals surface area contributed by atoms with Crippen molar-refractivity contribution in [3.63, 3.8) is 0 Å². The molecule has 3 rings (SSSR count). The van der Waals surface area contributed by atoms with E-state index in [2.05, 4.69) is 35.4 Å². The van der Waals surface area contributed by atoms with Gasteiger partial charge < -0.3 is 10.2 Å². The number of aromatic nitrogens is 2. The highest BCUT2D eigenvalue weighted by molar-refractivity contribution is 5.85. The lowest BCUT2D eigenvalue weighted by Gasteiger charge is -2.34. The lowest BCUT2D eigenvalue weighted by Crippen LogP contribution is -2.45. The molecule has 2 fully saturated rings. The zero-order chi connectivity index (χ0) is 17.1. The molecule has 0 aromatic carbocycles. The third-order valence-corrected chi connectivity index (χ3v) is 5.59. The van der Waals surface area contributed by atoms with Gasteiger partial charge in [0.2, 0.25) is 5.91 Å². The van der Waals surface area contributed by atoms with Crippen molar-refractivity contribution in [3.05, 3.63) is 18.0 Å². The standard InChI is InChI=1S/C19H32N4O.ClH/c1-14(2)9-16-7-5-4-6-8-23(16)19(24)18-12-20-11-17(18)15-10-21-22(3)13-15;/h10,13-14,16-18,20H,4-9,11-12H2,1-3H3;1H/t16?,17-,18+;/m1./s1. The van der Waals surface area contributed by atoms with Gasteiger partial charge in [0.05, 0.1) is 12.1 Å². The van der Waals surface area contributed by atoms with Crippen molar-refractivity contribution in [2.75, 3.05) is 19.6 Å². The molecule has 25 heavy (non-hydrogen) atoms. The van der Waals surface area contributed by atoms with E-state index in [1.165, 1.54) is 24.8 Å². The predicted octanol–water partition coefficient (Wildman–Crippen LogP) is 2.96. The van der Waals surface area contributed by atoms with Crippen molar-refractivity contribution >= 4 is 18.3 Å². The lowest BCUT2D eigenvalue weighted by molar-refractivity contribution is -0.138. The minimum Gasteiger partial charge on any atom is -0.339 e. The molecule has 6 heteroatoms. The van der Waals surface area contributed by atoms with Gasteiger partial charge in [-0.3, -0.25) is 9.48 Å². The number of likely N-dealkylation sites (tertiary alicyclic amines) is 1. The first-order valence-corrected chi connectivity index (χ1v) is 9.56.